The SMILES string of the molecule is COC1CC2C3CCC(C(C)CCCC(C)C)C3(C)CCC2C2(C)CC(C)(C)[C@@H]3C(C)(C)C132. The summed E-state index contributed by atoms with van der Waals surface area (Å²) in [6.45, 7) is 23.2. The van der Waals surface area contributed by atoms with Gasteiger partial charge in [0.2, 0.25) is 0 Å². The summed E-state index contributed by atoms with van der Waals surface area (Å²) < 4.78 is 6.52. The molecule has 33 heavy (non-hydrogen) atoms. The Morgan fingerprint density at radius 1 is 0.879 bits per heavy atom. The molecule has 5 fully saturated rings. The van der Waals surface area contributed by atoms with Crippen molar-refractivity contribution in [3.8, 4) is 0 Å². The first kappa shape index (κ1) is 24.6. The average Bonchev–Trinajstić information content (AvgIpc) is 2.95. The van der Waals surface area contributed by atoms with Crippen LogP contribution in [-0.2, 0) is 4.74 Å². The lowest BCUT2D eigenvalue weighted by Gasteiger charge is -2.62. The van der Waals surface area contributed by atoms with Gasteiger partial charge in [0, 0.05) is 12.5 Å². The first-order valence-corrected chi connectivity index (χ1v) is 14.8. The summed E-state index contributed by atoms with van der Waals surface area (Å²) in [6.07, 6.45) is 13.5. The molecular formula is C32H56O. The lowest BCUT2D eigenvalue weighted by molar-refractivity contribution is -0.174. The van der Waals surface area contributed by atoms with Crippen LogP contribution in [0, 0.1) is 68.5 Å². The minimum absolute atomic E-state index is 0.412. The summed E-state index contributed by atoms with van der Waals surface area (Å²) in [4.78, 5) is 0. The summed E-state index contributed by atoms with van der Waals surface area (Å²) in [6, 6.07) is 0. The fraction of sp³-hybridized carbons (Fsp3) is 1.00. The predicted octanol–water partition coefficient (Wildman–Crippen LogP) is 9.00. The van der Waals surface area contributed by atoms with E-state index in [1.165, 1.54) is 57.8 Å². The van der Waals surface area contributed by atoms with Crippen molar-refractivity contribution < 1.29 is 4.74 Å². The molecule has 190 valence electrons. The standard InChI is InChI=1S/C32H56O/c1-20(2)12-11-13-21(3)23-14-15-24-22-18-26(33-10)32-27(29(32,6)7)28(4,5)19-31(32,9)25(22)16-17-30(23,24)8/h20-27H,11-19H2,1-10H3/t21?,22?,23?,24?,25?,26?,27-,30?,31?,32?/m1/s1. The molecule has 0 aromatic rings. The first-order valence-electron chi connectivity index (χ1n) is 14.8. The fourth-order valence-corrected chi connectivity index (χ4v) is 13.2. The third-order valence-electron chi connectivity index (χ3n) is 13.4. The van der Waals surface area contributed by atoms with Crippen LogP contribution in [0.2, 0.25) is 0 Å². The summed E-state index contributed by atoms with van der Waals surface area (Å²) in [5, 5.41) is 0. The summed E-state index contributed by atoms with van der Waals surface area (Å²) in [7, 11) is 2.05. The van der Waals surface area contributed by atoms with Crippen molar-refractivity contribution in [2.45, 2.75) is 126 Å². The number of fused-ring (bicyclic) bond motifs is 4. The van der Waals surface area contributed by atoms with Gasteiger partial charge in [-0.25, -0.2) is 0 Å². The van der Waals surface area contributed by atoms with Gasteiger partial charge < -0.3 is 4.74 Å². The molecule has 0 amide bonds. The van der Waals surface area contributed by atoms with Crippen LogP contribution in [0.3, 0.4) is 0 Å². The Kier molecular flexibility index (Phi) is 5.59. The molecule has 9 unspecified atom stereocenters. The molecule has 1 spiro atoms. The van der Waals surface area contributed by atoms with Crippen molar-refractivity contribution in [3.05, 3.63) is 0 Å². The predicted molar refractivity (Wildman–Crippen MR) is 140 cm³/mol. The van der Waals surface area contributed by atoms with Gasteiger partial charge in [-0.2, -0.15) is 0 Å². The number of hydrogen-bond donors (Lipinski definition) is 0. The van der Waals surface area contributed by atoms with E-state index in [-0.39, 0.29) is 0 Å². The van der Waals surface area contributed by atoms with E-state index in [9.17, 15) is 0 Å². The van der Waals surface area contributed by atoms with Gasteiger partial charge in [-0.1, -0.05) is 81.6 Å². The highest BCUT2D eigenvalue weighted by atomic mass is 16.5. The molecule has 0 bridgehead atoms. The van der Waals surface area contributed by atoms with Crippen molar-refractivity contribution in [1.82, 2.24) is 0 Å². The Bertz CT molecular complexity index is 764. The van der Waals surface area contributed by atoms with E-state index in [2.05, 4.69) is 62.3 Å². The van der Waals surface area contributed by atoms with Crippen LogP contribution in [0.15, 0.2) is 0 Å². The van der Waals surface area contributed by atoms with Gasteiger partial charge in [0.1, 0.15) is 0 Å². The van der Waals surface area contributed by atoms with Crippen molar-refractivity contribution in [2.24, 2.45) is 68.5 Å². The number of hydrogen-bond acceptors (Lipinski definition) is 1. The normalized spacial score (nSPS) is 52.1. The molecule has 1 heteroatoms. The largest absolute Gasteiger partial charge is 0.381 e. The van der Waals surface area contributed by atoms with Crippen LogP contribution in [-0.4, -0.2) is 13.2 Å². The molecule has 5 rings (SSSR count). The third kappa shape index (κ3) is 2.93. The Labute approximate surface area is 206 Å². The van der Waals surface area contributed by atoms with Crippen LogP contribution in [0.5, 0.6) is 0 Å². The Balaban J connectivity index is 1.42. The van der Waals surface area contributed by atoms with Crippen molar-refractivity contribution in [2.75, 3.05) is 7.11 Å². The summed E-state index contributed by atoms with van der Waals surface area (Å²) >= 11 is 0. The van der Waals surface area contributed by atoms with E-state index in [0.717, 1.165) is 41.4 Å². The van der Waals surface area contributed by atoms with E-state index in [4.69, 9.17) is 4.74 Å². The van der Waals surface area contributed by atoms with Crippen LogP contribution < -0.4 is 0 Å². The number of methoxy groups -OCH3 is 1. The molecule has 0 N–H and O–H groups in total. The Hall–Kier alpha value is -0.0400. The lowest BCUT2D eigenvalue weighted by Crippen LogP contribution is -2.58. The maximum atomic E-state index is 6.52. The molecule has 10 atom stereocenters. The molecule has 1 nitrogen and oxygen atoms in total. The van der Waals surface area contributed by atoms with Crippen LogP contribution >= 0.6 is 0 Å². The van der Waals surface area contributed by atoms with E-state index in [1.807, 2.05) is 7.11 Å². The highest BCUT2D eigenvalue weighted by molar-refractivity contribution is 5.37. The third-order valence-corrected chi connectivity index (χ3v) is 13.4. The fourth-order valence-electron chi connectivity index (χ4n) is 13.2. The van der Waals surface area contributed by atoms with Gasteiger partial charge >= 0.3 is 0 Å². The van der Waals surface area contributed by atoms with Gasteiger partial charge in [-0.3, -0.25) is 0 Å². The first-order chi connectivity index (χ1) is 15.3. The second-order valence-corrected chi connectivity index (χ2v) is 16.0. The van der Waals surface area contributed by atoms with Crippen molar-refractivity contribution in [3.63, 3.8) is 0 Å². The Morgan fingerprint density at radius 2 is 1.58 bits per heavy atom. The van der Waals surface area contributed by atoms with Gasteiger partial charge in [0.25, 0.3) is 0 Å². The van der Waals surface area contributed by atoms with Gasteiger partial charge in [-0.05, 0) is 102 Å². The molecule has 0 aromatic heterocycles. The zero-order valence-electron chi connectivity index (χ0n) is 23.9. The highest BCUT2D eigenvalue weighted by Crippen LogP contribution is 2.92. The molecule has 0 aromatic carbocycles. The molecule has 0 aliphatic heterocycles. The smallest absolute Gasteiger partial charge is 0.0644 e. The second kappa shape index (κ2) is 7.49. The van der Waals surface area contributed by atoms with Gasteiger partial charge in [0.05, 0.1) is 6.10 Å². The Morgan fingerprint density at radius 3 is 2.18 bits per heavy atom. The van der Waals surface area contributed by atoms with E-state index in [1.54, 1.807) is 0 Å². The van der Waals surface area contributed by atoms with E-state index in [0.29, 0.717) is 33.2 Å². The maximum Gasteiger partial charge on any atom is 0.0644 e. The maximum absolute atomic E-state index is 6.52. The van der Waals surface area contributed by atoms with Gasteiger partial charge in [-0.15, -0.1) is 0 Å². The van der Waals surface area contributed by atoms with Gasteiger partial charge in [0.15, 0.2) is 0 Å². The highest BCUT2D eigenvalue weighted by Gasteiger charge is 2.90. The average molecular weight is 457 g/mol. The topological polar surface area (TPSA) is 9.23 Å². The van der Waals surface area contributed by atoms with E-state index >= 15 is 0 Å². The van der Waals surface area contributed by atoms with Crippen LogP contribution in [0.4, 0.5) is 0 Å². The lowest BCUT2D eigenvalue weighted by atomic mass is 9.44. The zero-order valence-corrected chi connectivity index (χ0v) is 23.9. The molecule has 5 aliphatic rings. The molecule has 5 saturated carbocycles. The molecule has 0 saturated heterocycles. The molecule has 0 heterocycles. The minimum atomic E-state index is 0.412. The number of rotatable bonds is 6. The van der Waals surface area contributed by atoms with Crippen LogP contribution in [0.25, 0.3) is 0 Å². The molecular weight excluding hydrogens is 400 g/mol. The quantitative estimate of drug-likeness (QED) is 0.387. The summed E-state index contributed by atoms with van der Waals surface area (Å²) in [5.41, 5.74) is 2.32. The van der Waals surface area contributed by atoms with E-state index < -0.39 is 0 Å². The minimum Gasteiger partial charge on any atom is -0.381 e. The summed E-state index contributed by atoms with van der Waals surface area (Å²) in [5.74, 6) is 6.28. The molecule has 5 aliphatic carbocycles. The monoisotopic (exact) mass is 456 g/mol. The zero-order chi connectivity index (χ0) is 24.2. The number of ether oxygens (including phenoxy) is 1. The second-order valence-electron chi connectivity index (χ2n) is 16.0. The van der Waals surface area contributed by atoms with Crippen molar-refractivity contribution >= 4 is 0 Å². The van der Waals surface area contributed by atoms with Crippen LogP contribution in [0.1, 0.15) is 120 Å². The molecule has 0 radical (unpaired) electrons. The van der Waals surface area contributed by atoms with Crippen molar-refractivity contribution in [1.29, 1.82) is 0 Å².